The van der Waals surface area contributed by atoms with Crippen molar-refractivity contribution < 1.29 is 23.4 Å². The van der Waals surface area contributed by atoms with Gasteiger partial charge in [0.05, 0.1) is 13.5 Å². The number of hydrogen-bond donors (Lipinski definition) is 0. The molecule has 18 heavy (non-hydrogen) atoms. The lowest BCUT2D eigenvalue weighted by Gasteiger charge is -2.30. The molecule has 5 heteroatoms. The fraction of sp³-hybridized carbons (Fsp3) is 0.462. The zero-order valence-electron chi connectivity index (χ0n) is 11.0. The Hall–Kier alpha value is -1.46. The second-order valence-electron chi connectivity index (χ2n) is 3.89. The first-order chi connectivity index (χ1) is 8.49. The molecule has 1 aromatic rings. The molecule has 0 heterocycles. The molecule has 4 nitrogen and oxygen atoms in total. The molecular formula is C13H17FO4. The standard InChI is InChI=1S/C13H17FO4/c1-9(15)8-13(17-3,18-4)10-5-6-12(16-2)11(14)7-10/h5-7H,8H2,1-4H3. The molecule has 0 aromatic heterocycles. The highest BCUT2D eigenvalue weighted by Crippen LogP contribution is 2.32. The molecule has 0 fully saturated rings. The zero-order valence-corrected chi connectivity index (χ0v) is 11.0. The summed E-state index contributed by atoms with van der Waals surface area (Å²) in [5.74, 6) is -1.78. The van der Waals surface area contributed by atoms with Crippen LogP contribution in [0.1, 0.15) is 18.9 Å². The van der Waals surface area contributed by atoms with Gasteiger partial charge in [-0.2, -0.15) is 0 Å². The Balaban J connectivity index is 3.21. The van der Waals surface area contributed by atoms with Crippen LogP contribution in [0.15, 0.2) is 18.2 Å². The van der Waals surface area contributed by atoms with Gasteiger partial charge in [-0.3, -0.25) is 4.79 Å². The number of halogens is 1. The molecule has 1 aromatic carbocycles. The summed E-state index contributed by atoms with van der Waals surface area (Å²) in [6.45, 7) is 1.42. The third-order valence-electron chi connectivity index (χ3n) is 2.73. The SMILES string of the molecule is COc1ccc(C(CC(C)=O)(OC)OC)cc1F. The van der Waals surface area contributed by atoms with E-state index in [2.05, 4.69) is 0 Å². The Morgan fingerprint density at radius 1 is 1.28 bits per heavy atom. The quantitative estimate of drug-likeness (QED) is 0.732. The lowest BCUT2D eigenvalue weighted by Crippen LogP contribution is -2.33. The van der Waals surface area contributed by atoms with Gasteiger partial charge in [0.15, 0.2) is 11.6 Å². The monoisotopic (exact) mass is 256 g/mol. The lowest BCUT2D eigenvalue weighted by atomic mass is 10.00. The first-order valence-electron chi connectivity index (χ1n) is 5.43. The van der Waals surface area contributed by atoms with Gasteiger partial charge in [-0.25, -0.2) is 4.39 Å². The number of benzene rings is 1. The summed E-state index contributed by atoms with van der Waals surface area (Å²) < 4.78 is 29.0. The Kier molecular flexibility index (Phi) is 4.81. The van der Waals surface area contributed by atoms with Crippen molar-refractivity contribution in [1.82, 2.24) is 0 Å². The number of Topliss-reactive ketones (excluding diaryl/α,β-unsaturated/α-hetero) is 1. The van der Waals surface area contributed by atoms with Gasteiger partial charge < -0.3 is 14.2 Å². The summed E-state index contributed by atoms with van der Waals surface area (Å²) in [5.41, 5.74) is 0.431. The number of carbonyl (C=O) groups is 1. The van der Waals surface area contributed by atoms with Crippen LogP contribution in [0.25, 0.3) is 0 Å². The second kappa shape index (κ2) is 5.93. The van der Waals surface area contributed by atoms with Crippen molar-refractivity contribution in [1.29, 1.82) is 0 Å². The Labute approximate surface area is 106 Å². The molecular weight excluding hydrogens is 239 g/mol. The van der Waals surface area contributed by atoms with E-state index in [0.717, 1.165) is 0 Å². The largest absolute Gasteiger partial charge is 0.494 e. The van der Waals surface area contributed by atoms with Gasteiger partial charge in [-0.1, -0.05) is 0 Å². The number of carbonyl (C=O) groups excluding carboxylic acids is 1. The topological polar surface area (TPSA) is 44.8 Å². The minimum absolute atomic E-state index is 0.00572. The van der Waals surface area contributed by atoms with E-state index in [9.17, 15) is 9.18 Å². The molecule has 0 aliphatic heterocycles. The minimum atomic E-state index is -1.26. The highest BCUT2D eigenvalue weighted by atomic mass is 19.1. The number of hydrogen-bond acceptors (Lipinski definition) is 4. The molecule has 0 N–H and O–H groups in total. The molecule has 0 aliphatic rings. The summed E-state index contributed by atoms with van der Waals surface area (Å²) in [4.78, 5) is 11.3. The van der Waals surface area contributed by atoms with Crippen LogP contribution >= 0.6 is 0 Å². The zero-order chi connectivity index (χ0) is 13.8. The second-order valence-corrected chi connectivity index (χ2v) is 3.89. The first-order valence-corrected chi connectivity index (χ1v) is 5.43. The number of methoxy groups -OCH3 is 3. The van der Waals surface area contributed by atoms with Gasteiger partial charge in [0.2, 0.25) is 5.79 Å². The predicted molar refractivity (Wildman–Crippen MR) is 63.9 cm³/mol. The lowest BCUT2D eigenvalue weighted by molar-refractivity contribution is -0.218. The van der Waals surface area contributed by atoms with Crippen LogP contribution in [-0.4, -0.2) is 27.1 Å². The van der Waals surface area contributed by atoms with Crippen LogP contribution in [0.2, 0.25) is 0 Å². The molecule has 0 atom stereocenters. The predicted octanol–water partition coefficient (Wildman–Crippen LogP) is 2.26. The third kappa shape index (κ3) is 2.86. The first kappa shape index (κ1) is 14.6. The van der Waals surface area contributed by atoms with Gasteiger partial charge in [-0.15, -0.1) is 0 Å². The van der Waals surface area contributed by atoms with Crippen LogP contribution in [0.5, 0.6) is 5.75 Å². The highest BCUT2D eigenvalue weighted by molar-refractivity contribution is 5.76. The van der Waals surface area contributed by atoms with Crippen LogP contribution in [0.4, 0.5) is 4.39 Å². The van der Waals surface area contributed by atoms with E-state index in [-0.39, 0.29) is 18.0 Å². The molecule has 0 saturated heterocycles. The van der Waals surface area contributed by atoms with E-state index in [0.29, 0.717) is 5.56 Å². The summed E-state index contributed by atoms with van der Waals surface area (Å²) in [7, 11) is 4.21. The van der Waals surface area contributed by atoms with Crippen molar-refractivity contribution in [2.75, 3.05) is 21.3 Å². The average molecular weight is 256 g/mol. The van der Waals surface area contributed by atoms with Crippen molar-refractivity contribution in [2.24, 2.45) is 0 Å². The smallest absolute Gasteiger partial charge is 0.201 e. The maximum absolute atomic E-state index is 13.7. The molecule has 0 amide bonds. The normalized spacial score (nSPS) is 11.4. The fourth-order valence-corrected chi connectivity index (χ4v) is 1.80. The van der Waals surface area contributed by atoms with Crippen molar-refractivity contribution >= 4 is 5.78 Å². The van der Waals surface area contributed by atoms with E-state index in [1.807, 2.05) is 0 Å². The van der Waals surface area contributed by atoms with E-state index < -0.39 is 11.6 Å². The van der Waals surface area contributed by atoms with Gasteiger partial charge in [0.1, 0.15) is 5.78 Å². The Morgan fingerprint density at radius 3 is 2.28 bits per heavy atom. The van der Waals surface area contributed by atoms with Gasteiger partial charge in [0, 0.05) is 19.8 Å². The maximum Gasteiger partial charge on any atom is 0.201 e. The van der Waals surface area contributed by atoms with E-state index in [1.54, 1.807) is 6.07 Å². The Morgan fingerprint density at radius 2 is 1.89 bits per heavy atom. The fourth-order valence-electron chi connectivity index (χ4n) is 1.80. The maximum atomic E-state index is 13.7. The van der Waals surface area contributed by atoms with Crippen molar-refractivity contribution in [3.63, 3.8) is 0 Å². The molecule has 1 rings (SSSR count). The van der Waals surface area contributed by atoms with Crippen LogP contribution in [0.3, 0.4) is 0 Å². The van der Waals surface area contributed by atoms with Crippen molar-refractivity contribution in [2.45, 2.75) is 19.1 Å². The van der Waals surface area contributed by atoms with E-state index >= 15 is 0 Å². The molecule has 100 valence electrons. The van der Waals surface area contributed by atoms with Crippen LogP contribution in [-0.2, 0) is 20.1 Å². The van der Waals surface area contributed by atoms with Crippen molar-refractivity contribution in [3.8, 4) is 5.75 Å². The molecule has 0 bridgehead atoms. The molecule has 0 unspecified atom stereocenters. The van der Waals surface area contributed by atoms with Crippen LogP contribution in [0, 0.1) is 5.82 Å². The van der Waals surface area contributed by atoms with E-state index in [1.165, 1.54) is 40.4 Å². The number of rotatable bonds is 6. The molecule has 0 spiro atoms. The van der Waals surface area contributed by atoms with Gasteiger partial charge in [0.25, 0.3) is 0 Å². The number of ether oxygens (including phenoxy) is 3. The molecule has 0 aliphatic carbocycles. The summed E-state index contributed by atoms with van der Waals surface area (Å²) >= 11 is 0. The highest BCUT2D eigenvalue weighted by Gasteiger charge is 2.34. The minimum Gasteiger partial charge on any atom is -0.494 e. The van der Waals surface area contributed by atoms with E-state index in [4.69, 9.17) is 14.2 Å². The summed E-state index contributed by atoms with van der Waals surface area (Å²) in [6, 6.07) is 4.32. The van der Waals surface area contributed by atoms with Crippen molar-refractivity contribution in [3.05, 3.63) is 29.6 Å². The third-order valence-corrected chi connectivity index (χ3v) is 2.73. The van der Waals surface area contributed by atoms with Crippen LogP contribution < -0.4 is 4.74 Å². The molecule has 0 radical (unpaired) electrons. The Bertz CT molecular complexity index is 427. The van der Waals surface area contributed by atoms with Gasteiger partial charge >= 0.3 is 0 Å². The number of ketones is 1. The molecule has 0 saturated carbocycles. The van der Waals surface area contributed by atoms with Gasteiger partial charge in [-0.05, 0) is 25.1 Å². The summed E-state index contributed by atoms with van der Waals surface area (Å²) in [6.07, 6.45) is 0.00572. The summed E-state index contributed by atoms with van der Waals surface area (Å²) in [5, 5.41) is 0. The average Bonchev–Trinajstić information content (AvgIpc) is 2.35.